The number of nitrogens with zero attached hydrogens (tertiary/aromatic N) is 4. The third-order valence-electron chi connectivity index (χ3n) is 5.18. The van der Waals surface area contributed by atoms with Gasteiger partial charge in [-0.15, -0.1) is 0 Å². The molecule has 0 amide bonds. The van der Waals surface area contributed by atoms with Crippen LogP contribution < -0.4 is 9.64 Å². The van der Waals surface area contributed by atoms with Crippen molar-refractivity contribution in [1.29, 1.82) is 0 Å². The monoisotopic (exact) mass is 381 g/mol. The maximum Gasteiger partial charge on any atom is 0.325 e. The zero-order chi connectivity index (χ0) is 19.5. The minimum atomic E-state index is -0.854. The molecule has 0 radical (unpaired) electrons. The van der Waals surface area contributed by atoms with E-state index in [4.69, 9.17) is 4.74 Å². The first-order valence-electron chi connectivity index (χ1n) is 9.31. The van der Waals surface area contributed by atoms with Gasteiger partial charge in [-0.2, -0.15) is 0 Å². The summed E-state index contributed by atoms with van der Waals surface area (Å²) in [6, 6.07) is 6.73. The SMILES string of the molecule is COc1ccc2[nH]cc([C@@H](C(=O)O)N3CCCN(c4ncccn4)CC3)c2c1. The maximum absolute atomic E-state index is 12.2. The predicted molar refractivity (Wildman–Crippen MR) is 106 cm³/mol. The number of ether oxygens (including phenoxy) is 1. The molecule has 1 fully saturated rings. The Morgan fingerprint density at radius 2 is 2.04 bits per heavy atom. The second-order valence-electron chi connectivity index (χ2n) is 6.82. The molecule has 28 heavy (non-hydrogen) atoms. The molecule has 1 aliphatic heterocycles. The van der Waals surface area contributed by atoms with E-state index in [-0.39, 0.29) is 0 Å². The molecule has 0 spiro atoms. The first-order chi connectivity index (χ1) is 13.7. The van der Waals surface area contributed by atoms with E-state index in [0.717, 1.165) is 29.4 Å². The standard InChI is InChI=1S/C20H23N5O3/c1-28-14-4-5-17-15(12-14)16(13-23-17)18(19(26)27)24-8-3-9-25(11-10-24)20-21-6-2-7-22-20/h2,4-7,12-13,18,23H,3,8-11H2,1H3,(H,26,27)/t18-/m0/s1. The van der Waals surface area contributed by atoms with E-state index in [1.807, 2.05) is 23.1 Å². The van der Waals surface area contributed by atoms with Crippen molar-refractivity contribution < 1.29 is 14.6 Å². The van der Waals surface area contributed by atoms with Gasteiger partial charge in [-0.1, -0.05) is 0 Å². The third-order valence-corrected chi connectivity index (χ3v) is 5.18. The van der Waals surface area contributed by atoms with Crippen molar-refractivity contribution in [3.05, 3.63) is 48.4 Å². The minimum absolute atomic E-state index is 0.617. The first kappa shape index (κ1) is 18.2. The number of carboxylic acids is 1. The van der Waals surface area contributed by atoms with E-state index in [9.17, 15) is 9.90 Å². The van der Waals surface area contributed by atoms with Gasteiger partial charge in [0.15, 0.2) is 0 Å². The molecule has 8 nitrogen and oxygen atoms in total. The molecule has 1 aromatic carbocycles. The molecular formula is C20H23N5O3. The van der Waals surface area contributed by atoms with Crippen LogP contribution >= 0.6 is 0 Å². The summed E-state index contributed by atoms with van der Waals surface area (Å²) in [5.41, 5.74) is 1.65. The lowest BCUT2D eigenvalue weighted by Crippen LogP contribution is -2.37. The Kier molecular flexibility index (Phi) is 5.12. The summed E-state index contributed by atoms with van der Waals surface area (Å²) in [6.45, 7) is 2.79. The summed E-state index contributed by atoms with van der Waals surface area (Å²) >= 11 is 0. The number of rotatable bonds is 5. The highest BCUT2D eigenvalue weighted by Gasteiger charge is 2.31. The molecule has 4 rings (SSSR count). The molecular weight excluding hydrogens is 358 g/mol. The minimum Gasteiger partial charge on any atom is -0.497 e. The number of carbonyl (C=O) groups is 1. The van der Waals surface area contributed by atoms with Crippen LogP contribution in [-0.4, -0.2) is 64.2 Å². The fourth-order valence-corrected chi connectivity index (χ4v) is 3.81. The van der Waals surface area contributed by atoms with E-state index in [1.54, 1.807) is 31.8 Å². The van der Waals surface area contributed by atoms with Crippen LogP contribution in [0.4, 0.5) is 5.95 Å². The Bertz CT molecular complexity index is 959. The van der Waals surface area contributed by atoms with Gasteiger partial charge in [0.2, 0.25) is 5.95 Å². The normalized spacial score (nSPS) is 16.7. The van der Waals surface area contributed by atoms with Crippen LogP contribution in [0.25, 0.3) is 10.9 Å². The molecule has 3 heterocycles. The van der Waals surface area contributed by atoms with Crippen molar-refractivity contribution in [1.82, 2.24) is 19.9 Å². The van der Waals surface area contributed by atoms with E-state index in [1.165, 1.54) is 0 Å². The highest BCUT2D eigenvalue weighted by Crippen LogP contribution is 2.32. The van der Waals surface area contributed by atoms with Crippen molar-refractivity contribution in [2.75, 3.05) is 38.2 Å². The number of nitrogens with one attached hydrogen (secondary N) is 1. The van der Waals surface area contributed by atoms with Crippen LogP contribution in [-0.2, 0) is 4.79 Å². The molecule has 1 aliphatic rings. The van der Waals surface area contributed by atoms with Crippen LogP contribution in [0.1, 0.15) is 18.0 Å². The highest BCUT2D eigenvalue weighted by molar-refractivity contribution is 5.90. The van der Waals surface area contributed by atoms with Crippen LogP contribution in [0.2, 0.25) is 0 Å². The Morgan fingerprint density at radius 1 is 1.21 bits per heavy atom. The Labute approximate surface area is 162 Å². The van der Waals surface area contributed by atoms with Crippen molar-refractivity contribution in [3.63, 3.8) is 0 Å². The van der Waals surface area contributed by atoms with Crippen LogP contribution in [0.15, 0.2) is 42.9 Å². The van der Waals surface area contributed by atoms with Gasteiger partial charge < -0.3 is 19.7 Å². The Morgan fingerprint density at radius 3 is 2.79 bits per heavy atom. The summed E-state index contributed by atoms with van der Waals surface area (Å²) < 4.78 is 5.32. The third kappa shape index (κ3) is 3.50. The molecule has 2 aromatic heterocycles. The second-order valence-corrected chi connectivity index (χ2v) is 6.82. The number of fused-ring (bicyclic) bond motifs is 1. The van der Waals surface area contributed by atoms with Crippen LogP contribution in [0, 0.1) is 0 Å². The maximum atomic E-state index is 12.2. The highest BCUT2D eigenvalue weighted by atomic mass is 16.5. The van der Waals surface area contributed by atoms with Gasteiger partial charge in [-0.05, 0) is 30.7 Å². The molecule has 1 atom stereocenters. The summed E-state index contributed by atoms with van der Waals surface area (Å²) in [5.74, 6) is 0.543. The van der Waals surface area contributed by atoms with Gasteiger partial charge in [0.25, 0.3) is 0 Å². The molecule has 0 bridgehead atoms. The van der Waals surface area contributed by atoms with E-state index >= 15 is 0 Å². The summed E-state index contributed by atoms with van der Waals surface area (Å²) in [5, 5.41) is 10.9. The van der Waals surface area contributed by atoms with Gasteiger partial charge in [-0.25, -0.2) is 9.97 Å². The molecule has 1 saturated heterocycles. The first-order valence-corrected chi connectivity index (χ1v) is 9.31. The molecule has 3 aromatic rings. The van der Waals surface area contributed by atoms with E-state index in [0.29, 0.717) is 31.3 Å². The largest absolute Gasteiger partial charge is 0.497 e. The zero-order valence-electron chi connectivity index (χ0n) is 15.7. The lowest BCUT2D eigenvalue weighted by atomic mass is 10.0. The van der Waals surface area contributed by atoms with E-state index < -0.39 is 12.0 Å². The molecule has 2 N–H and O–H groups in total. The molecule has 0 unspecified atom stereocenters. The number of aromatic nitrogens is 3. The van der Waals surface area contributed by atoms with Gasteiger partial charge in [0.05, 0.1) is 7.11 Å². The van der Waals surface area contributed by atoms with Gasteiger partial charge >= 0.3 is 5.97 Å². The number of hydrogen-bond donors (Lipinski definition) is 2. The van der Waals surface area contributed by atoms with Crippen LogP contribution in [0.3, 0.4) is 0 Å². The quantitative estimate of drug-likeness (QED) is 0.700. The van der Waals surface area contributed by atoms with Crippen molar-refractivity contribution in [3.8, 4) is 5.75 Å². The fourth-order valence-electron chi connectivity index (χ4n) is 3.81. The lowest BCUT2D eigenvalue weighted by molar-refractivity contribution is -0.143. The average Bonchev–Trinajstić information content (AvgIpc) is 2.97. The second kappa shape index (κ2) is 7.85. The lowest BCUT2D eigenvalue weighted by Gasteiger charge is -2.27. The average molecular weight is 381 g/mol. The van der Waals surface area contributed by atoms with Gasteiger partial charge in [0, 0.05) is 61.2 Å². The zero-order valence-corrected chi connectivity index (χ0v) is 15.7. The summed E-state index contributed by atoms with van der Waals surface area (Å²) in [6.07, 6.45) is 6.09. The van der Waals surface area contributed by atoms with Crippen molar-refractivity contribution >= 4 is 22.8 Å². The number of anilines is 1. The van der Waals surface area contributed by atoms with Gasteiger partial charge in [-0.3, -0.25) is 9.69 Å². The topological polar surface area (TPSA) is 94.6 Å². The number of H-pyrrole nitrogens is 1. The number of hydrogen-bond acceptors (Lipinski definition) is 6. The molecule has 0 saturated carbocycles. The number of methoxy groups -OCH3 is 1. The number of benzene rings is 1. The van der Waals surface area contributed by atoms with Crippen LogP contribution in [0.5, 0.6) is 5.75 Å². The number of carboxylic acid groups (broad SMARTS) is 1. The smallest absolute Gasteiger partial charge is 0.325 e. The summed E-state index contributed by atoms with van der Waals surface area (Å²) in [7, 11) is 1.61. The van der Waals surface area contributed by atoms with Crippen molar-refractivity contribution in [2.24, 2.45) is 0 Å². The molecule has 146 valence electrons. The predicted octanol–water partition coefficient (Wildman–Crippen LogP) is 2.30. The Balaban J connectivity index is 1.61. The molecule has 8 heteroatoms. The number of aliphatic carboxylic acids is 1. The fraction of sp³-hybridized carbons (Fsp3) is 0.350. The summed E-state index contributed by atoms with van der Waals surface area (Å²) in [4.78, 5) is 28.2. The number of aromatic amines is 1. The molecule has 0 aliphatic carbocycles. The van der Waals surface area contributed by atoms with E-state index in [2.05, 4.69) is 19.9 Å². The Hall–Kier alpha value is -3.13. The van der Waals surface area contributed by atoms with Crippen molar-refractivity contribution in [2.45, 2.75) is 12.5 Å². The van der Waals surface area contributed by atoms with Gasteiger partial charge in [0.1, 0.15) is 11.8 Å².